The normalized spacial score (nSPS) is 12.5. The second-order valence-electron chi connectivity index (χ2n) is 4.64. The van der Waals surface area contributed by atoms with Crippen molar-refractivity contribution in [1.29, 1.82) is 0 Å². The summed E-state index contributed by atoms with van der Waals surface area (Å²) in [6.45, 7) is 1.89. The highest BCUT2D eigenvalue weighted by molar-refractivity contribution is 9.10. The van der Waals surface area contributed by atoms with Gasteiger partial charge in [0.15, 0.2) is 0 Å². The second-order valence-corrected chi connectivity index (χ2v) is 6.67. The van der Waals surface area contributed by atoms with E-state index in [0.717, 1.165) is 19.8 Å². The molecule has 1 amide bonds. The Hall–Kier alpha value is -1.43. The van der Waals surface area contributed by atoms with Crippen LogP contribution in [0.5, 0.6) is 0 Å². The van der Waals surface area contributed by atoms with Crippen LogP contribution in [0.4, 0.5) is 0 Å². The molecule has 2 aromatic rings. The van der Waals surface area contributed by atoms with Gasteiger partial charge in [-0.3, -0.25) is 4.79 Å². The van der Waals surface area contributed by atoms with Crippen LogP contribution in [0, 0.1) is 0 Å². The summed E-state index contributed by atoms with van der Waals surface area (Å²) in [5.41, 5.74) is 1.15. The van der Waals surface area contributed by atoms with Crippen molar-refractivity contribution in [1.82, 2.24) is 5.32 Å². The molecule has 5 heteroatoms. The van der Waals surface area contributed by atoms with Gasteiger partial charge in [-0.25, -0.2) is 0 Å². The van der Waals surface area contributed by atoms with Crippen molar-refractivity contribution in [3.63, 3.8) is 0 Å². The Labute approximate surface area is 136 Å². The standard InChI is InChI=1S/C16H16BrNO2S/c1-11(19)10-18-16(20)8-6-14-5-7-15(21-14)12-3-2-4-13(17)9-12/h2-9,11,19H,10H2,1H3,(H,18,20)/b8-6+. The Bertz CT molecular complexity index is 649. The molecule has 0 fully saturated rings. The van der Waals surface area contributed by atoms with Gasteiger partial charge in [0.2, 0.25) is 5.91 Å². The third-order valence-electron chi connectivity index (χ3n) is 2.71. The van der Waals surface area contributed by atoms with E-state index in [0.29, 0.717) is 0 Å². The fourth-order valence-electron chi connectivity index (χ4n) is 1.70. The molecule has 3 nitrogen and oxygen atoms in total. The lowest BCUT2D eigenvalue weighted by Crippen LogP contribution is -2.28. The third kappa shape index (κ3) is 5.12. The molecule has 2 N–H and O–H groups in total. The Morgan fingerprint density at radius 2 is 2.24 bits per heavy atom. The summed E-state index contributed by atoms with van der Waals surface area (Å²) in [7, 11) is 0. The molecule has 0 spiro atoms. The number of nitrogens with one attached hydrogen (secondary N) is 1. The fourth-order valence-corrected chi connectivity index (χ4v) is 3.01. The minimum absolute atomic E-state index is 0.201. The van der Waals surface area contributed by atoms with Crippen molar-refractivity contribution in [2.75, 3.05) is 6.54 Å². The molecule has 0 saturated carbocycles. The number of carbonyl (C=O) groups excluding carboxylic acids is 1. The smallest absolute Gasteiger partial charge is 0.244 e. The van der Waals surface area contributed by atoms with E-state index in [1.165, 1.54) is 6.08 Å². The lowest BCUT2D eigenvalue weighted by Gasteiger charge is -2.03. The Morgan fingerprint density at radius 1 is 1.43 bits per heavy atom. The highest BCUT2D eigenvalue weighted by Crippen LogP contribution is 2.30. The molecular weight excluding hydrogens is 350 g/mol. The van der Waals surface area contributed by atoms with Gasteiger partial charge in [-0.2, -0.15) is 0 Å². The van der Waals surface area contributed by atoms with Gasteiger partial charge < -0.3 is 10.4 Å². The first-order chi connectivity index (χ1) is 10.0. The van der Waals surface area contributed by atoms with E-state index in [9.17, 15) is 4.79 Å². The minimum atomic E-state index is -0.535. The quantitative estimate of drug-likeness (QED) is 0.793. The molecule has 1 heterocycles. The summed E-state index contributed by atoms with van der Waals surface area (Å²) in [6.07, 6.45) is 2.73. The van der Waals surface area contributed by atoms with Gasteiger partial charge in [0, 0.05) is 26.8 Å². The average molecular weight is 366 g/mol. The van der Waals surface area contributed by atoms with Gasteiger partial charge in [-0.15, -0.1) is 11.3 Å². The molecule has 0 aliphatic heterocycles. The molecule has 1 aromatic heterocycles. The molecule has 110 valence electrons. The number of benzene rings is 1. The lowest BCUT2D eigenvalue weighted by molar-refractivity contribution is -0.116. The zero-order chi connectivity index (χ0) is 15.2. The summed E-state index contributed by atoms with van der Waals surface area (Å²) in [6, 6.07) is 12.1. The molecule has 1 aromatic carbocycles. The molecule has 1 atom stereocenters. The van der Waals surface area contributed by atoms with Crippen LogP contribution in [0.15, 0.2) is 46.9 Å². The van der Waals surface area contributed by atoms with Crippen LogP contribution in [-0.2, 0) is 4.79 Å². The van der Waals surface area contributed by atoms with Gasteiger partial charge in [0.05, 0.1) is 6.10 Å². The van der Waals surface area contributed by atoms with Gasteiger partial charge in [-0.05, 0) is 42.8 Å². The SMILES string of the molecule is CC(O)CNC(=O)/C=C/c1ccc(-c2cccc(Br)c2)s1. The molecule has 21 heavy (non-hydrogen) atoms. The maximum absolute atomic E-state index is 11.5. The highest BCUT2D eigenvalue weighted by Gasteiger charge is 2.03. The number of carbonyl (C=O) groups is 1. The topological polar surface area (TPSA) is 49.3 Å². The van der Waals surface area contributed by atoms with Crippen molar-refractivity contribution < 1.29 is 9.90 Å². The molecule has 0 radical (unpaired) electrons. The van der Waals surface area contributed by atoms with Crippen molar-refractivity contribution in [3.8, 4) is 10.4 Å². The maximum atomic E-state index is 11.5. The zero-order valence-electron chi connectivity index (χ0n) is 11.5. The van der Waals surface area contributed by atoms with Crippen molar-refractivity contribution in [2.24, 2.45) is 0 Å². The number of rotatable bonds is 5. The third-order valence-corrected chi connectivity index (χ3v) is 4.30. The van der Waals surface area contributed by atoms with E-state index >= 15 is 0 Å². The number of aliphatic hydroxyl groups excluding tert-OH is 1. The molecule has 2 rings (SSSR count). The first-order valence-electron chi connectivity index (χ1n) is 6.54. The van der Waals surface area contributed by atoms with Crippen LogP contribution in [0.1, 0.15) is 11.8 Å². The minimum Gasteiger partial charge on any atom is -0.392 e. The first kappa shape index (κ1) is 15.9. The van der Waals surface area contributed by atoms with Gasteiger partial charge in [0.1, 0.15) is 0 Å². The van der Waals surface area contributed by atoms with Gasteiger partial charge in [-0.1, -0.05) is 28.1 Å². The van der Waals surface area contributed by atoms with Crippen LogP contribution in [0.3, 0.4) is 0 Å². The largest absolute Gasteiger partial charge is 0.392 e. The summed E-state index contributed by atoms with van der Waals surface area (Å²) >= 11 is 5.09. The zero-order valence-corrected chi connectivity index (χ0v) is 13.9. The Balaban J connectivity index is 2.02. The van der Waals surface area contributed by atoms with Crippen LogP contribution in [0.25, 0.3) is 16.5 Å². The van der Waals surface area contributed by atoms with Gasteiger partial charge >= 0.3 is 0 Å². The first-order valence-corrected chi connectivity index (χ1v) is 8.15. The maximum Gasteiger partial charge on any atom is 0.244 e. The number of hydrogen-bond donors (Lipinski definition) is 2. The second kappa shape index (κ2) is 7.54. The summed E-state index contributed by atoms with van der Waals surface area (Å²) in [5, 5.41) is 11.7. The van der Waals surface area contributed by atoms with E-state index in [1.54, 1.807) is 24.3 Å². The van der Waals surface area contributed by atoms with Crippen LogP contribution >= 0.6 is 27.3 Å². The van der Waals surface area contributed by atoms with Crippen molar-refractivity contribution in [2.45, 2.75) is 13.0 Å². The van der Waals surface area contributed by atoms with E-state index < -0.39 is 6.10 Å². The highest BCUT2D eigenvalue weighted by atomic mass is 79.9. The van der Waals surface area contributed by atoms with Crippen molar-refractivity contribution in [3.05, 3.63) is 51.8 Å². The molecule has 1 unspecified atom stereocenters. The predicted octanol–water partition coefficient (Wildman–Crippen LogP) is 3.69. The number of amides is 1. The number of halogens is 1. The monoisotopic (exact) mass is 365 g/mol. The Morgan fingerprint density at radius 3 is 2.95 bits per heavy atom. The van der Waals surface area contributed by atoms with Crippen LogP contribution < -0.4 is 5.32 Å². The van der Waals surface area contributed by atoms with Crippen LogP contribution in [-0.4, -0.2) is 23.7 Å². The molecule has 0 saturated heterocycles. The Kier molecular flexibility index (Phi) is 5.73. The number of thiophene rings is 1. The number of hydrogen-bond acceptors (Lipinski definition) is 3. The van der Waals surface area contributed by atoms with E-state index in [1.807, 2.05) is 24.3 Å². The van der Waals surface area contributed by atoms with E-state index in [-0.39, 0.29) is 12.5 Å². The molecular formula is C16H16BrNO2S. The molecule has 0 aliphatic carbocycles. The summed E-state index contributed by atoms with van der Waals surface area (Å²) in [5.74, 6) is -0.201. The fraction of sp³-hybridized carbons (Fsp3) is 0.188. The van der Waals surface area contributed by atoms with Gasteiger partial charge in [0.25, 0.3) is 0 Å². The van der Waals surface area contributed by atoms with Crippen molar-refractivity contribution >= 4 is 39.2 Å². The molecule has 0 aliphatic rings. The average Bonchev–Trinajstić information content (AvgIpc) is 2.92. The molecule has 0 bridgehead atoms. The van der Waals surface area contributed by atoms with Crippen LogP contribution in [0.2, 0.25) is 0 Å². The summed E-state index contributed by atoms with van der Waals surface area (Å²) < 4.78 is 1.04. The lowest BCUT2D eigenvalue weighted by atomic mass is 10.2. The summed E-state index contributed by atoms with van der Waals surface area (Å²) in [4.78, 5) is 13.7. The predicted molar refractivity (Wildman–Crippen MR) is 91.2 cm³/mol. The van der Waals surface area contributed by atoms with E-state index in [4.69, 9.17) is 5.11 Å². The van der Waals surface area contributed by atoms with E-state index in [2.05, 4.69) is 33.4 Å². The number of aliphatic hydroxyl groups is 1.